The third-order valence-electron chi connectivity index (χ3n) is 4.10. The number of halogens is 4. The van der Waals surface area contributed by atoms with E-state index in [1.165, 1.54) is 12.5 Å². The van der Waals surface area contributed by atoms with Crippen LogP contribution in [0.4, 0.5) is 23.2 Å². The summed E-state index contributed by atoms with van der Waals surface area (Å²) in [7, 11) is 0. The van der Waals surface area contributed by atoms with Crippen LogP contribution in [0.2, 0.25) is 0 Å². The van der Waals surface area contributed by atoms with E-state index in [-0.39, 0.29) is 10.4 Å². The van der Waals surface area contributed by atoms with Crippen molar-refractivity contribution in [3.05, 3.63) is 29.6 Å². The van der Waals surface area contributed by atoms with E-state index in [9.17, 15) is 17.6 Å². The summed E-state index contributed by atoms with van der Waals surface area (Å²) in [6, 6.07) is 2.64. The van der Waals surface area contributed by atoms with Gasteiger partial charge < -0.3 is 5.32 Å². The second-order valence-electron chi connectivity index (χ2n) is 5.49. The van der Waals surface area contributed by atoms with Gasteiger partial charge in [0.15, 0.2) is 0 Å². The Morgan fingerprint density at radius 1 is 1.19 bits per heavy atom. The summed E-state index contributed by atoms with van der Waals surface area (Å²) in [5.41, 5.74) is -0.815. The zero-order valence-corrected chi connectivity index (χ0v) is 12.7. The first-order valence-corrected chi connectivity index (χ1v) is 8.25. The van der Waals surface area contributed by atoms with Gasteiger partial charge in [-0.05, 0) is 37.3 Å². The molecule has 1 fully saturated rings. The molecular weight excluding hydrogens is 302 g/mol. The minimum absolute atomic E-state index is 0.0629. The first-order chi connectivity index (χ1) is 9.86. The first-order valence-electron chi connectivity index (χ1n) is 7.02. The number of nitrogens with one attached hydrogen (secondary N) is 1. The minimum Gasteiger partial charge on any atom is -0.381 e. The number of hydrogen-bond donors (Lipinski definition) is 1. The van der Waals surface area contributed by atoms with Gasteiger partial charge in [-0.15, -0.1) is 0 Å². The molecule has 0 radical (unpaired) electrons. The van der Waals surface area contributed by atoms with Crippen molar-refractivity contribution < 1.29 is 17.6 Å². The highest BCUT2D eigenvalue weighted by molar-refractivity contribution is 8.00. The molecule has 1 aromatic rings. The van der Waals surface area contributed by atoms with E-state index in [0.29, 0.717) is 12.6 Å². The topological polar surface area (TPSA) is 12.0 Å². The molecular formula is C15H19F4NS. The van der Waals surface area contributed by atoms with Crippen LogP contribution in [0, 0.1) is 5.82 Å². The van der Waals surface area contributed by atoms with Crippen LogP contribution in [0.3, 0.4) is 0 Å². The average Bonchev–Trinajstić information content (AvgIpc) is 2.46. The maximum atomic E-state index is 13.8. The number of hydrogen-bond acceptors (Lipinski definition) is 2. The summed E-state index contributed by atoms with van der Waals surface area (Å²) in [5.74, 6) is -0.850. The highest BCUT2D eigenvalue weighted by Crippen LogP contribution is 2.39. The van der Waals surface area contributed by atoms with Crippen molar-refractivity contribution in [1.29, 1.82) is 0 Å². The molecule has 0 unspecified atom stereocenters. The normalized spacial score (nSPS) is 18.5. The van der Waals surface area contributed by atoms with Crippen LogP contribution in [0.15, 0.2) is 18.2 Å². The molecule has 0 bridgehead atoms. The first kappa shape index (κ1) is 16.5. The zero-order chi connectivity index (χ0) is 15.5. The predicted octanol–water partition coefficient (Wildman–Crippen LogP) is 5.32. The number of benzene rings is 1. The fourth-order valence-electron chi connectivity index (χ4n) is 2.74. The largest absolute Gasteiger partial charge is 0.416 e. The third kappa shape index (κ3) is 4.05. The van der Waals surface area contributed by atoms with E-state index >= 15 is 0 Å². The molecule has 0 saturated heterocycles. The third-order valence-corrected chi connectivity index (χ3v) is 5.51. The molecule has 21 heavy (non-hydrogen) atoms. The molecule has 2 rings (SSSR count). The van der Waals surface area contributed by atoms with Crippen LogP contribution in [0.25, 0.3) is 0 Å². The Labute approximate surface area is 126 Å². The van der Waals surface area contributed by atoms with Gasteiger partial charge in [-0.2, -0.15) is 24.9 Å². The summed E-state index contributed by atoms with van der Waals surface area (Å²) in [6.07, 6.45) is 3.17. The molecule has 6 heteroatoms. The van der Waals surface area contributed by atoms with Crippen molar-refractivity contribution in [2.24, 2.45) is 0 Å². The minimum atomic E-state index is -4.51. The van der Waals surface area contributed by atoms with Gasteiger partial charge in [-0.1, -0.05) is 19.3 Å². The standard InChI is InChI=1S/C15H19F4NS/c1-21-14(7-3-2-4-8-14)10-20-13-6-5-11(9-12(13)16)15(17,18)19/h5-6,9,20H,2-4,7-8,10H2,1H3. The van der Waals surface area contributed by atoms with Crippen LogP contribution in [0.1, 0.15) is 37.7 Å². The number of anilines is 1. The van der Waals surface area contributed by atoms with Gasteiger partial charge in [0, 0.05) is 11.3 Å². The summed E-state index contributed by atoms with van der Waals surface area (Å²) < 4.78 is 51.4. The van der Waals surface area contributed by atoms with E-state index in [1.54, 1.807) is 11.8 Å². The monoisotopic (exact) mass is 321 g/mol. The van der Waals surface area contributed by atoms with Crippen molar-refractivity contribution in [2.45, 2.75) is 43.0 Å². The maximum absolute atomic E-state index is 13.8. The quantitative estimate of drug-likeness (QED) is 0.753. The van der Waals surface area contributed by atoms with Crippen LogP contribution in [0.5, 0.6) is 0 Å². The zero-order valence-electron chi connectivity index (χ0n) is 11.9. The molecule has 0 aliphatic heterocycles. The molecule has 0 amide bonds. The van der Waals surface area contributed by atoms with Crippen LogP contribution >= 0.6 is 11.8 Å². The predicted molar refractivity (Wildman–Crippen MR) is 79.2 cm³/mol. The second-order valence-corrected chi connectivity index (χ2v) is 6.77. The Kier molecular flexibility index (Phi) is 5.07. The van der Waals surface area contributed by atoms with Crippen molar-refractivity contribution in [1.82, 2.24) is 0 Å². The Hall–Kier alpha value is -0.910. The second kappa shape index (κ2) is 6.46. The Morgan fingerprint density at radius 2 is 1.86 bits per heavy atom. The lowest BCUT2D eigenvalue weighted by Crippen LogP contribution is -2.35. The van der Waals surface area contributed by atoms with Crippen molar-refractivity contribution in [3.8, 4) is 0 Å². The van der Waals surface area contributed by atoms with Crippen molar-refractivity contribution in [3.63, 3.8) is 0 Å². The van der Waals surface area contributed by atoms with Gasteiger partial charge in [0.25, 0.3) is 0 Å². The summed E-state index contributed by atoms with van der Waals surface area (Å²) >= 11 is 1.76. The molecule has 1 aliphatic rings. The SMILES string of the molecule is CSC1(CNc2ccc(C(F)(F)F)cc2F)CCCCC1. The molecule has 1 aromatic carbocycles. The molecule has 0 aromatic heterocycles. The van der Waals surface area contributed by atoms with Gasteiger partial charge >= 0.3 is 6.18 Å². The van der Waals surface area contributed by atoms with E-state index in [1.807, 2.05) is 6.26 Å². The van der Waals surface area contributed by atoms with Crippen molar-refractivity contribution in [2.75, 3.05) is 18.1 Å². The van der Waals surface area contributed by atoms with E-state index in [4.69, 9.17) is 0 Å². The number of alkyl halides is 3. The molecule has 118 valence electrons. The fourth-order valence-corrected chi connectivity index (χ4v) is 3.65. The Bertz CT molecular complexity index is 481. The molecule has 0 atom stereocenters. The lowest BCUT2D eigenvalue weighted by atomic mass is 9.88. The number of rotatable bonds is 4. The molecule has 1 nitrogen and oxygen atoms in total. The molecule has 0 heterocycles. The van der Waals surface area contributed by atoms with E-state index in [0.717, 1.165) is 31.7 Å². The molecule has 1 aliphatic carbocycles. The van der Waals surface area contributed by atoms with E-state index < -0.39 is 17.6 Å². The smallest absolute Gasteiger partial charge is 0.381 e. The lowest BCUT2D eigenvalue weighted by molar-refractivity contribution is -0.137. The van der Waals surface area contributed by atoms with Gasteiger partial charge in [0.05, 0.1) is 11.3 Å². The maximum Gasteiger partial charge on any atom is 0.416 e. The van der Waals surface area contributed by atoms with E-state index in [2.05, 4.69) is 5.32 Å². The molecule has 0 spiro atoms. The van der Waals surface area contributed by atoms with Crippen LogP contribution in [-0.4, -0.2) is 17.5 Å². The summed E-state index contributed by atoms with van der Waals surface area (Å²) in [6.45, 7) is 0.580. The molecule has 1 N–H and O–H groups in total. The highest BCUT2D eigenvalue weighted by atomic mass is 32.2. The van der Waals surface area contributed by atoms with Crippen LogP contribution < -0.4 is 5.32 Å². The van der Waals surface area contributed by atoms with Gasteiger partial charge in [-0.3, -0.25) is 0 Å². The van der Waals surface area contributed by atoms with Gasteiger partial charge in [-0.25, -0.2) is 4.39 Å². The lowest BCUT2D eigenvalue weighted by Gasteiger charge is -2.36. The van der Waals surface area contributed by atoms with Gasteiger partial charge in [0.2, 0.25) is 0 Å². The Balaban J connectivity index is 2.06. The molecule has 1 saturated carbocycles. The van der Waals surface area contributed by atoms with Gasteiger partial charge in [0.1, 0.15) is 5.82 Å². The fraction of sp³-hybridized carbons (Fsp3) is 0.600. The average molecular weight is 321 g/mol. The van der Waals surface area contributed by atoms with Crippen LogP contribution in [-0.2, 0) is 6.18 Å². The highest BCUT2D eigenvalue weighted by Gasteiger charge is 2.33. The summed E-state index contributed by atoms with van der Waals surface area (Å²) in [4.78, 5) is 0. The summed E-state index contributed by atoms with van der Waals surface area (Å²) in [5, 5.41) is 2.99. The number of thioether (sulfide) groups is 1. The Morgan fingerprint density at radius 3 is 2.38 bits per heavy atom. The van der Waals surface area contributed by atoms with Crippen molar-refractivity contribution >= 4 is 17.4 Å².